The van der Waals surface area contributed by atoms with Gasteiger partial charge in [-0.05, 0) is 80.5 Å². The highest BCUT2D eigenvalue weighted by atomic mass is 35.5. The Hall–Kier alpha value is -3.59. The summed E-state index contributed by atoms with van der Waals surface area (Å²) >= 11 is 6.24. The van der Waals surface area contributed by atoms with Gasteiger partial charge in [0.15, 0.2) is 0 Å². The fourth-order valence-corrected chi connectivity index (χ4v) is 4.46. The normalized spacial score (nSPS) is 14.1. The number of imidazole rings is 1. The molecule has 0 amide bonds. The number of benzene rings is 3. The Morgan fingerprint density at radius 2 is 1.55 bits per heavy atom. The molecular formula is C27H22ClN3O2. The van der Waals surface area contributed by atoms with Gasteiger partial charge in [-0.3, -0.25) is 9.36 Å². The van der Waals surface area contributed by atoms with Crippen LogP contribution in [0.3, 0.4) is 0 Å². The number of carbonyl (C=O) groups is 1. The first-order chi connectivity index (χ1) is 16.1. The van der Waals surface area contributed by atoms with E-state index in [-0.39, 0.29) is 17.6 Å². The predicted octanol–water partition coefficient (Wildman–Crippen LogP) is 4.47. The van der Waals surface area contributed by atoms with Crippen molar-refractivity contribution in [3.63, 3.8) is 0 Å². The fourth-order valence-electron chi connectivity index (χ4n) is 4.30. The number of carbonyl (C=O) groups excluding carboxylic acids is 1. The van der Waals surface area contributed by atoms with Gasteiger partial charge >= 0.3 is 5.69 Å². The number of halogens is 1. The van der Waals surface area contributed by atoms with Gasteiger partial charge in [-0.25, -0.2) is 9.36 Å². The highest BCUT2D eigenvalue weighted by molar-refractivity contribution is 6.31. The summed E-state index contributed by atoms with van der Waals surface area (Å²) in [6, 6.07) is 22.0. The maximum absolute atomic E-state index is 13.5. The van der Waals surface area contributed by atoms with Crippen LogP contribution in [-0.4, -0.2) is 28.1 Å². The van der Waals surface area contributed by atoms with Crippen LogP contribution in [0.25, 0.3) is 11.0 Å². The van der Waals surface area contributed by atoms with Crippen molar-refractivity contribution in [2.45, 2.75) is 18.9 Å². The topological polar surface area (TPSA) is 56.0 Å². The average molecular weight is 456 g/mol. The summed E-state index contributed by atoms with van der Waals surface area (Å²) in [6.07, 6.45) is 1.66. The van der Waals surface area contributed by atoms with E-state index < -0.39 is 0 Å². The molecule has 1 N–H and O–H groups in total. The van der Waals surface area contributed by atoms with Gasteiger partial charge in [0.2, 0.25) is 0 Å². The number of rotatable bonds is 2. The van der Waals surface area contributed by atoms with E-state index in [1.54, 1.807) is 47.0 Å². The van der Waals surface area contributed by atoms with Gasteiger partial charge in [-0.2, -0.15) is 0 Å². The lowest BCUT2D eigenvalue weighted by molar-refractivity contribution is 0.0959. The van der Waals surface area contributed by atoms with E-state index in [2.05, 4.69) is 17.2 Å². The molecule has 1 aliphatic rings. The third-order valence-electron chi connectivity index (χ3n) is 5.97. The average Bonchev–Trinajstić information content (AvgIpc) is 3.14. The Bertz CT molecular complexity index is 1430. The number of nitrogens with one attached hydrogen (secondary N) is 1. The molecule has 0 unspecified atom stereocenters. The van der Waals surface area contributed by atoms with E-state index >= 15 is 0 Å². The van der Waals surface area contributed by atoms with Gasteiger partial charge in [0.1, 0.15) is 0 Å². The third kappa shape index (κ3) is 4.23. The monoisotopic (exact) mass is 455 g/mol. The standard InChI is InChI=1S/C27H22ClN3O2/c28-22-12-13-24-25(18-22)30(23-14-16-29-17-15-23)27(33)31(24)26(32)21-10-8-20(9-11-21)7-6-19-4-2-1-3-5-19/h1-5,8-13,18,23,29H,14-17H2. The Morgan fingerprint density at radius 3 is 2.24 bits per heavy atom. The highest BCUT2D eigenvalue weighted by Gasteiger charge is 2.25. The van der Waals surface area contributed by atoms with Crippen LogP contribution in [-0.2, 0) is 0 Å². The molecule has 33 heavy (non-hydrogen) atoms. The van der Waals surface area contributed by atoms with Crippen LogP contribution in [0.5, 0.6) is 0 Å². The Labute approximate surface area is 196 Å². The summed E-state index contributed by atoms with van der Waals surface area (Å²) in [5.41, 5.74) is 3.10. The van der Waals surface area contributed by atoms with Crippen molar-refractivity contribution in [3.8, 4) is 11.8 Å². The molecule has 0 radical (unpaired) electrons. The second kappa shape index (κ2) is 9.11. The molecule has 0 spiro atoms. The molecular weight excluding hydrogens is 434 g/mol. The molecule has 0 atom stereocenters. The zero-order valence-electron chi connectivity index (χ0n) is 17.9. The van der Waals surface area contributed by atoms with Crippen molar-refractivity contribution in [2.75, 3.05) is 13.1 Å². The van der Waals surface area contributed by atoms with Gasteiger partial charge in [-0.1, -0.05) is 41.6 Å². The minimum Gasteiger partial charge on any atom is -0.317 e. The minimum atomic E-state index is -0.359. The SMILES string of the molecule is O=C(c1ccc(C#Cc2ccccc2)cc1)n1c(=O)n(C2CCNCC2)c2cc(Cl)ccc21. The molecule has 1 saturated heterocycles. The van der Waals surface area contributed by atoms with Crippen LogP contribution in [0.15, 0.2) is 77.6 Å². The van der Waals surface area contributed by atoms with Crippen LogP contribution in [0.4, 0.5) is 0 Å². The molecule has 0 bridgehead atoms. The molecule has 5 rings (SSSR count). The quantitative estimate of drug-likeness (QED) is 0.454. The zero-order chi connectivity index (χ0) is 22.8. The molecule has 0 aliphatic carbocycles. The van der Waals surface area contributed by atoms with Crippen molar-refractivity contribution in [3.05, 3.63) is 105 Å². The van der Waals surface area contributed by atoms with Crippen molar-refractivity contribution in [1.82, 2.24) is 14.5 Å². The largest absolute Gasteiger partial charge is 0.336 e. The molecule has 1 aliphatic heterocycles. The second-order valence-corrected chi connectivity index (χ2v) is 8.54. The first-order valence-electron chi connectivity index (χ1n) is 11.0. The van der Waals surface area contributed by atoms with Crippen molar-refractivity contribution in [2.24, 2.45) is 0 Å². The maximum atomic E-state index is 13.5. The fraction of sp³-hybridized carbons (Fsp3) is 0.185. The smallest absolute Gasteiger partial charge is 0.317 e. The molecule has 2 heterocycles. The molecule has 1 fully saturated rings. The first-order valence-corrected chi connectivity index (χ1v) is 11.3. The summed E-state index contributed by atoms with van der Waals surface area (Å²) < 4.78 is 3.00. The van der Waals surface area contributed by atoms with E-state index in [1.807, 2.05) is 30.3 Å². The Balaban J connectivity index is 1.52. The van der Waals surface area contributed by atoms with Crippen molar-refractivity contribution in [1.29, 1.82) is 0 Å². The molecule has 0 saturated carbocycles. The van der Waals surface area contributed by atoms with Gasteiger partial charge in [-0.15, -0.1) is 0 Å². The van der Waals surface area contributed by atoms with Crippen LogP contribution in [0.1, 0.15) is 40.4 Å². The molecule has 164 valence electrons. The van der Waals surface area contributed by atoms with Gasteiger partial charge in [0.25, 0.3) is 5.91 Å². The summed E-state index contributed by atoms with van der Waals surface area (Å²) in [6.45, 7) is 1.67. The van der Waals surface area contributed by atoms with E-state index in [0.29, 0.717) is 21.6 Å². The molecule has 5 nitrogen and oxygen atoms in total. The van der Waals surface area contributed by atoms with Crippen LogP contribution in [0.2, 0.25) is 5.02 Å². The lowest BCUT2D eigenvalue weighted by atomic mass is 10.1. The predicted molar refractivity (Wildman–Crippen MR) is 131 cm³/mol. The second-order valence-electron chi connectivity index (χ2n) is 8.10. The molecule has 4 aromatic rings. The first kappa shape index (κ1) is 21.3. The Morgan fingerprint density at radius 1 is 0.879 bits per heavy atom. The van der Waals surface area contributed by atoms with Crippen molar-refractivity contribution >= 4 is 28.5 Å². The highest BCUT2D eigenvalue weighted by Crippen LogP contribution is 2.26. The third-order valence-corrected chi connectivity index (χ3v) is 6.20. The van der Waals surface area contributed by atoms with Gasteiger partial charge in [0.05, 0.1) is 11.0 Å². The van der Waals surface area contributed by atoms with E-state index in [0.717, 1.165) is 37.1 Å². The van der Waals surface area contributed by atoms with E-state index in [9.17, 15) is 9.59 Å². The number of aromatic nitrogens is 2. The number of nitrogens with zero attached hydrogens (tertiary/aromatic N) is 2. The van der Waals surface area contributed by atoms with E-state index in [4.69, 9.17) is 11.6 Å². The number of piperidine rings is 1. The van der Waals surface area contributed by atoms with Gasteiger partial charge < -0.3 is 5.32 Å². The maximum Gasteiger partial charge on any atom is 0.336 e. The summed E-state index contributed by atoms with van der Waals surface area (Å²) in [5.74, 6) is 5.86. The Kier molecular flexibility index (Phi) is 5.87. The summed E-state index contributed by atoms with van der Waals surface area (Å²) in [4.78, 5) is 26.9. The summed E-state index contributed by atoms with van der Waals surface area (Å²) in [7, 11) is 0. The van der Waals surface area contributed by atoms with Crippen LogP contribution >= 0.6 is 11.6 Å². The van der Waals surface area contributed by atoms with E-state index in [1.165, 1.54) is 4.57 Å². The number of fused-ring (bicyclic) bond motifs is 1. The molecule has 1 aromatic heterocycles. The zero-order valence-corrected chi connectivity index (χ0v) is 18.7. The lowest BCUT2D eigenvalue weighted by Gasteiger charge is -2.23. The lowest BCUT2D eigenvalue weighted by Crippen LogP contribution is -2.36. The molecule has 6 heteroatoms. The number of hydrogen-bond donors (Lipinski definition) is 1. The van der Waals surface area contributed by atoms with Crippen LogP contribution in [0, 0.1) is 11.8 Å². The van der Waals surface area contributed by atoms with Gasteiger partial charge in [0, 0.05) is 27.8 Å². The van der Waals surface area contributed by atoms with Crippen LogP contribution < -0.4 is 11.0 Å². The van der Waals surface area contributed by atoms with Crippen molar-refractivity contribution < 1.29 is 4.79 Å². The summed E-state index contributed by atoms with van der Waals surface area (Å²) in [5, 5.41) is 3.86. The molecule has 3 aromatic carbocycles. The minimum absolute atomic E-state index is 0.0319. The number of hydrogen-bond acceptors (Lipinski definition) is 3.